The highest BCUT2D eigenvalue weighted by Crippen LogP contribution is 2.53. The Kier molecular flexibility index (Phi) is 6.69. The summed E-state index contributed by atoms with van der Waals surface area (Å²) in [5.41, 5.74) is 0.943. The number of hydrogen-bond donors (Lipinski definition) is 0. The van der Waals surface area contributed by atoms with E-state index >= 15 is 0 Å². The van der Waals surface area contributed by atoms with E-state index in [9.17, 15) is 13.0 Å². The Balaban J connectivity index is 1.71. The van der Waals surface area contributed by atoms with Gasteiger partial charge in [-0.1, -0.05) is 48.5 Å². The molecule has 2 aromatic rings. The lowest BCUT2D eigenvalue weighted by Crippen LogP contribution is -2.37. The van der Waals surface area contributed by atoms with Crippen LogP contribution in [0.25, 0.3) is 0 Å². The third kappa shape index (κ3) is 6.29. The minimum Gasteiger partial charge on any atom is -0.422 e. The maximum Gasteiger partial charge on any atom is 0.403 e. The van der Waals surface area contributed by atoms with Gasteiger partial charge in [0.1, 0.15) is 18.0 Å². The molecule has 0 bridgehead atoms. The van der Waals surface area contributed by atoms with Gasteiger partial charge < -0.3 is 9.26 Å². The summed E-state index contributed by atoms with van der Waals surface area (Å²) in [5.74, 6) is 1.59. The van der Waals surface area contributed by atoms with E-state index in [4.69, 9.17) is 18.0 Å². The molecule has 3 atom stereocenters. The summed E-state index contributed by atoms with van der Waals surface area (Å²) in [5, 5.41) is 0. The molecule has 0 unspecified atom stereocenters. The maximum absolute atomic E-state index is 13.0. The van der Waals surface area contributed by atoms with Gasteiger partial charge in [-0.25, -0.2) is 4.57 Å². The lowest BCUT2D eigenvalue weighted by Gasteiger charge is -2.30. The van der Waals surface area contributed by atoms with Gasteiger partial charge in [0.15, 0.2) is 0 Å². The molecule has 7 nitrogen and oxygen atoms in total. The summed E-state index contributed by atoms with van der Waals surface area (Å²) in [7, 11) is -7.39. The van der Waals surface area contributed by atoms with Crippen molar-refractivity contribution in [3.63, 3.8) is 0 Å². The highest BCUT2D eigenvalue weighted by molar-refractivity contribution is 7.86. The minimum absolute atomic E-state index is 0.0262. The fourth-order valence-corrected chi connectivity index (χ4v) is 4.69. The number of hydrogen-bond acceptors (Lipinski definition) is 7. The summed E-state index contributed by atoms with van der Waals surface area (Å²) < 4.78 is 57.8. The molecule has 3 rings (SSSR count). The van der Waals surface area contributed by atoms with Crippen LogP contribution in [0.4, 0.5) is 0 Å². The molecule has 0 aromatic heterocycles. The lowest BCUT2D eigenvalue weighted by atomic mass is 10.2. The number of rotatable bonds is 8. The second-order valence-corrected chi connectivity index (χ2v) is 9.57. The average Bonchev–Trinajstić information content (AvgIpc) is 2.65. The van der Waals surface area contributed by atoms with Crippen LogP contribution in [0.3, 0.4) is 0 Å². The number of para-hydroxylation sites is 1. The van der Waals surface area contributed by atoms with Gasteiger partial charge in [-0.15, -0.1) is 0 Å². The molecule has 0 saturated heterocycles. The average molecular weight is 424 g/mol. The molecule has 0 aliphatic carbocycles. The molecule has 0 saturated carbocycles. The van der Waals surface area contributed by atoms with Gasteiger partial charge >= 0.3 is 7.60 Å². The van der Waals surface area contributed by atoms with Crippen molar-refractivity contribution in [2.24, 2.45) is 0 Å². The van der Waals surface area contributed by atoms with Gasteiger partial charge in [-0.3, -0.25) is 8.71 Å². The van der Waals surface area contributed by atoms with E-state index in [-0.39, 0.29) is 6.61 Å². The quantitative estimate of drug-likeness (QED) is 0.471. The molecule has 0 spiro atoms. The van der Waals surface area contributed by atoms with Crippen molar-refractivity contribution in [2.45, 2.75) is 18.8 Å². The monoisotopic (exact) mass is 424 g/mol. The van der Waals surface area contributed by atoms with Crippen molar-refractivity contribution in [1.29, 1.82) is 0 Å². The summed E-state index contributed by atoms with van der Waals surface area (Å²) in [4.78, 5) is 0. The van der Waals surface area contributed by atoms with E-state index in [1.807, 2.05) is 30.3 Å². The molecular formula is C19H21O7PS. The molecule has 0 radical (unpaired) electrons. The normalized spacial score (nSPS) is 24.8. The van der Waals surface area contributed by atoms with Crippen LogP contribution in [0.15, 0.2) is 72.6 Å². The SMILES string of the molecule is CS(=O)(=O)O[C@H]1C=C[P@@](=O)(Oc2ccccc2)O[C@@H]1COCc1ccccc1. The summed E-state index contributed by atoms with van der Waals surface area (Å²) >= 11 is 0. The van der Waals surface area contributed by atoms with E-state index in [1.165, 1.54) is 11.9 Å². The Labute approximate surface area is 164 Å². The van der Waals surface area contributed by atoms with Crippen LogP contribution < -0.4 is 4.52 Å². The summed E-state index contributed by atoms with van der Waals surface area (Å²) in [6.07, 6.45) is 0.438. The van der Waals surface area contributed by atoms with Crippen LogP contribution in [0.1, 0.15) is 5.56 Å². The highest BCUT2D eigenvalue weighted by Gasteiger charge is 2.38. The Morgan fingerprint density at radius 2 is 1.68 bits per heavy atom. The first-order valence-corrected chi connectivity index (χ1v) is 12.0. The largest absolute Gasteiger partial charge is 0.422 e. The van der Waals surface area contributed by atoms with Crippen molar-refractivity contribution in [1.82, 2.24) is 0 Å². The van der Waals surface area contributed by atoms with E-state index in [0.717, 1.165) is 11.8 Å². The second kappa shape index (κ2) is 9.03. The molecule has 0 fully saturated rings. The van der Waals surface area contributed by atoms with E-state index in [0.29, 0.717) is 12.4 Å². The van der Waals surface area contributed by atoms with Crippen molar-refractivity contribution < 1.29 is 31.0 Å². The number of benzene rings is 2. The molecule has 9 heteroatoms. The van der Waals surface area contributed by atoms with Crippen LogP contribution in [0, 0.1) is 0 Å². The topological polar surface area (TPSA) is 88.1 Å². The molecule has 150 valence electrons. The van der Waals surface area contributed by atoms with E-state index in [1.54, 1.807) is 30.3 Å². The molecule has 1 heterocycles. The van der Waals surface area contributed by atoms with Crippen LogP contribution in [-0.4, -0.2) is 33.5 Å². The van der Waals surface area contributed by atoms with Crippen molar-refractivity contribution >= 4 is 17.7 Å². The van der Waals surface area contributed by atoms with Crippen LogP contribution in [-0.2, 0) is 34.7 Å². The number of ether oxygens (including phenoxy) is 1. The smallest absolute Gasteiger partial charge is 0.403 e. The second-order valence-electron chi connectivity index (χ2n) is 6.20. The zero-order valence-electron chi connectivity index (χ0n) is 15.2. The van der Waals surface area contributed by atoms with Gasteiger partial charge in [0.05, 0.1) is 19.5 Å². The van der Waals surface area contributed by atoms with Gasteiger partial charge in [-0.2, -0.15) is 8.42 Å². The third-order valence-corrected chi connectivity index (χ3v) is 5.90. The third-order valence-electron chi connectivity index (χ3n) is 3.76. The van der Waals surface area contributed by atoms with Crippen LogP contribution >= 0.6 is 7.60 Å². The molecule has 0 amide bonds. The van der Waals surface area contributed by atoms with Gasteiger partial charge in [0, 0.05) is 5.82 Å². The molecule has 28 heavy (non-hydrogen) atoms. The molecule has 2 aromatic carbocycles. The first-order chi connectivity index (χ1) is 13.3. The van der Waals surface area contributed by atoms with Crippen molar-refractivity contribution in [3.8, 4) is 5.75 Å². The fourth-order valence-electron chi connectivity index (χ4n) is 2.57. The van der Waals surface area contributed by atoms with Gasteiger partial charge in [0.25, 0.3) is 10.1 Å². The summed E-state index contributed by atoms with van der Waals surface area (Å²) in [6.45, 7) is 0.265. The minimum atomic E-state index is -3.75. The fraction of sp³-hybridized carbons (Fsp3) is 0.263. The Hall–Kier alpha value is -1.96. The van der Waals surface area contributed by atoms with Crippen molar-refractivity contribution in [2.75, 3.05) is 12.9 Å². The molecule has 1 aliphatic heterocycles. The Morgan fingerprint density at radius 3 is 2.32 bits per heavy atom. The first-order valence-electron chi connectivity index (χ1n) is 8.55. The predicted molar refractivity (Wildman–Crippen MR) is 105 cm³/mol. The Bertz CT molecular complexity index is 945. The molecule has 0 N–H and O–H groups in total. The maximum atomic E-state index is 13.0. The van der Waals surface area contributed by atoms with Crippen LogP contribution in [0.5, 0.6) is 5.75 Å². The lowest BCUT2D eigenvalue weighted by molar-refractivity contribution is -0.00687. The van der Waals surface area contributed by atoms with Crippen molar-refractivity contribution in [3.05, 3.63) is 78.1 Å². The molecule has 1 aliphatic rings. The molecular weight excluding hydrogens is 403 g/mol. The predicted octanol–water partition coefficient (Wildman–Crippen LogP) is 3.73. The van der Waals surface area contributed by atoms with Crippen LogP contribution in [0.2, 0.25) is 0 Å². The zero-order chi connectivity index (χ0) is 20.0. The highest BCUT2D eigenvalue weighted by atomic mass is 32.2. The van der Waals surface area contributed by atoms with E-state index in [2.05, 4.69) is 0 Å². The van der Waals surface area contributed by atoms with E-state index < -0.39 is 29.9 Å². The summed E-state index contributed by atoms with van der Waals surface area (Å²) in [6, 6.07) is 18.0. The Morgan fingerprint density at radius 1 is 1.04 bits per heavy atom. The zero-order valence-corrected chi connectivity index (χ0v) is 16.9. The standard InChI is InChI=1S/C19H21O7PS/c1-28(21,22)26-18-12-13-27(20,24-17-10-6-3-7-11-17)25-19(18)15-23-14-16-8-4-2-5-9-16/h2-13,18-19H,14-15H2,1H3/t18-,19+,27+/m0/s1. The first kappa shape index (κ1) is 20.8. The van der Waals surface area contributed by atoms with Gasteiger partial charge in [0.2, 0.25) is 0 Å². The van der Waals surface area contributed by atoms with Gasteiger partial charge in [-0.05, 0) is 23.8 Å².